The van der Waals surface area contributed by atoms with Gasteiger partial charge in [-0.05, 0) is 24.6 Å². The van der Waals surface area contributed by atoms with Crippen molar-refractivity contribution < 1.29 is 14.2 Å². The van der Waals surface area contributed by atoms with Gasteiger partial charge < -0.3 is 24.8 Å². The fourth-order valence-corrected chi connectivity index (χ4v) is 2.65. The summed E-state index contributed by atoms with van der Waals surface area (Å²) in [5, 5.41) is 6.67. The number of nitrogens with zero attached hydrogens (tertiary/aromatic N) is 2. The van der Waals surface area contributed by atoms with Crippen LogP contribution in [-0.2, 0) is 11.3 Å². The minimum absolute atomic E-state index is 0.577. The average molecular weight is 350 g/mol. The number of hydrogen-bond acceptors (Lipinski definition) is 5. The van der Waals surface area contributed by atoms with E-state index >= 15 is 0 Å². The number of ether oxygens (including phenoxy) is 3. The summed E-state index contributed by atoms with van der Waals surface area (Å²) in [6, 6.07) is 5.87. The molecule has 1 aromatic rings. The van der Waals surface area contributed by atoms with Gasteiger partial charge in [-0.3, -0.25) is 4.90 Å². The zero-order valence-electron chi connectivity index (χ0n) is 15.5. The first-order valence-corrected chi connectivity index (χ1v) is 8.80. The summed E-state index contributed by atoms with van der Waals surface area (Å²) in [4.78, 5) is 7.05. The molecule has 25 heavy (non-hydrogen) atoms. The Morgan fingerprint density at radius 3 is 2.60 bits per heavy atom. The Morgan fingerprint density at radius 2 is 1.92 bits per heavy atom. The summed E-state index contributed by atoms with van der Waals surface area (Å²) in [5.41, 5.74) is 1.07. The van der Waals surface area contributed by atoms with Crippen LogP contribution in [0, 0.1) is 0 Å². The summed E-state index contributed by atoms with van der Waals surface area (Å²) in [5.74, 6) is 2.27. The number of benzene rings is 1. The Kier molecular flexibility index (Phi) is 8.34. The van der Waals surface area contributed by atoms with E-state index in [0.29, 0.717) is 6.54 Å². The topological polar surface area (TPSA) is 67.4 Å². The predicted octanol–water partition coefficient (Wildman–Crippen LogP) is 1.09. The van der Waals surface area contributed by atoms with Crippen molar-refractivity contribution in [2.24, 2.45) is 4.99 Å². The SMILES string of the molecule is CCNC(=NCc1ccc(OC)c(OC)c1)NCCN1CCOCC1. The minimum Gasteiger partial charge on any atom is -0.493 e. The van der Waals surface area contributed by atoms with Crippen molar-refractivity contribution in [2.75, 3.05) is 60.2 Å². The lowest BCUT2D eigenvalue weighted by atomic mass is 10.2. The number of rotatable bonds is 8. The van der Waals surface area contributed by atoms with Crippen molar-refractivity contribution in [3.05, 3.63) is 23.8 Å². The van der Waals surface area contributed by atoms with Crippen molar-refractivity contribution >= 4 is 5.96 Å². The molecule has 1 aromatic carbocycles. The lowest BCUT2D eigenvalue weighted by Gasteiger charge is -2.26. The van der Waals surface area contributed by atoms with E-state index in [0.717, 1.165) is 69.0 Å². The minimum atomic E-state index is 0.577. The van der Waals surface area contributed by atoms with Gasteiger partial charge in [-0.15, -0.1) is 0 Å². The summed E-state index contributed by atoms with van der Waals surface area (Å²) in [7, 11) is 3.28. The van der Waals surface area contributed by atoms with Crippen LogP contribution in [-0.4, -0.2) is 71.0 Å². The van der Waals surface area contributed by atoms with Gasteiger partial charge in [-0.2, -0.15) is 0 Å². The molecule has 0 radical (unpaired) electrons. The van der Waals surface area contributed by atoms with E-state index in [9.17, 15) is 0 Å². The van der Waals surface area contributed by atoms with Gasteiger partial charge in [0.2, 0.25) is 0 Å². The molecule has 1 aliphatic rings. The molecule has 0 spiro atoms. The molecule has 1 heterocycles. The second-order valence-corrected chi connectivity index (χ2v) is 5.77. The third kappa shape index (κ3) is 6.43. The van der Waals surface area contributed by atoms with Gasteiger partial charge in [-0.1, -0.05) is 6.07 Å². The zero-order valence-corrected chi connectivity index (χ0v) is 15.5. The standard InChI is InChI=1S/C18H30N4O3/c1-4-19-18(20-7-8-22-9-11-25-12-10-22)21-14-15-5-6-16(23-2)17(13-15)24-3/h5-6,13H,4,7-12,14H2,1-3H3,(H2,19,20,21). The van der Waals surface area contributed by atoms with Gasteiger partial charge in [0.25, 0.3) is 0 Å². The first kappa shape index (κ1) is 19.3. The van der Waals surface area contributed by atoms with Gasteiger partial charge in [0.15, 0.2) is 17.5 Å². The summed E-state index contributed by atoms with van der Waals surface area (Å²) in [6.45, 7) is 8.98. The highest BCUT2D eigenvalue weighted by atomic mass is 16.5. The van der Waals surface area contributed by atoms with Crippen molar-refractivity contribution in [1.29, 1.82) is 0 Å². The molecule has 7 heteroatoms. The Hall–Kier alpha value is -1.99. The molecule has 0 amide bonds. The molecule has 2 N–H and O–H groups in total. The highest BCUT2D eigenvalue weighted by Crippen LogP contribution is 2.27. The largest absolute Gasteiger partial charge is 0.493 e. The second-order valence-electron chi connectivity index (χ2n) is 5.77. The van der Waals surface area contributed by atoms with E-state index in [2.05, 4.69) is 27.4 Å². The van der Waals surface area contributed by atoms with Gasteiger partial charge in [0.1, 0.15) is 0 Å². The maximum absolute atomic E-state index is 5.37. The Bertz CT molecular complexity index is 545. The van der Waals surface area contributed by atoms with Gasteiger partial charge in [0.05, 0.1) is 34.0 Å². The molecule has 2 rings (SSSR count). The molecule has 1 aliphatic heterocycles. The van der Waals surface area contributed by atoms with Gasteiger partial charge in [0, 0.05) is 32.7 Å². The maximum Gasteiger partial charge on any atom is 0.191 e. The number of methoxy groups -OCH3 is 2. The lowest BCUT2D eigenvalue weighted by molar-refractivity contribution is 0.0389. The normalized spacial score (nSPS) is 15.7. The predicted molar refractivity (Wildman–Crippen MR) is 99.6 cm³/mol. The maximum atomic E-state index is 5.37. The van der Waals surface area contributed by atoms with Crippen LogP contribution in [0.4, 0.5) is 0 Å². The van der Waals surface area contributed by atoms with Crippen LogP contribution in [0.3, 0.4) is 0 Å². The van der Waals surface area contributed by atoms with Crippen LogP contribution in [0.15, 0.2) is 23.2 Å². The van der Waals surface area contributed by atoms with Crippen LogP contribution < -0.4 is 20.1 Å². The van der Waals surface area contributed by atoms with Gasteiger partial charge in [-0.25, -0.2) is 4.99 Å². The van der Waals surface area contributed by atoms with E-state index in [4.69, 9.17) is 14.2 Å². The number of morpholine rings is 1. The number of nitrogens with one attached hydrogen (secondary N) is 2. The summed E-state index contributed by atoms with van der Waals surface area (Å²) >= 11 is 0. The third-order valence-electron chi connectivity index (χ3n) is 4.04. The summed E-state index contributed by atoms with van der Waals surface area (Å²) in [6.07, 6.45) is 0. The van der Waals surface area contributed by atoms with Crippen LogP contribution in [0.1, 0.15) is 12.5 Å². The third-order valence-corrected chi connectivity index (χ3v) is 4.04. The van der Waals surface area contributed by atoms with Crippen LogP contribution >= 0.6 is 0 Å². The molecular weight excluding hydrogens is 320 g/mol. The molecule has 140 valence electrons. The van der Waals surface area contributed by atoms with Crippen molar-refractivity contribution in [2.45, 2.75) is 13.5 Å². The molecule has 0 aliphatic carbocycles. The van der Waals surface area contributed by atoms with Crippen LogP contribution in [0.25, 0.3) is 0 Å². The molecule has 0 bridgehead atoms. The van der Waals surface area contributed by atoms with E-state index in [1.807, 2.05) is 18.2 Å². The Morgan fingerprint density at radius 1 is 1.16 bits per heavy atom. The summed E-state index contributed by atoms with van der Waals surface area (Å²) < 4.78 is 16.0. The second kappa shape index (κ2) is 10.8. The van der Waals surface area contributed by atoms with E-state index in [1.54, 1.807) is 14.2 Å². The molecule has 7 nitrogen and oxygen atoms in total. The quantitative estimate of drug-likeness (QED) is 0.540. The van der Waals surface area contributed by atoms with E-state index in [1.165, 1.54) is 0 Å². The number of aliphatic imine (C=N–C) groups is 1. The molecule has 1 saturated heterocycles. The highest BCUT2D eigenvalue weighted by molar-refractivity contribution is 5.79. The first-order chi connectivity index (χ1) is 12.3. The Labute approximate surface area is 150 Å². The molecule has 0 atom stereocenters. The molecule has 0 saturated carbocycles. The van der Waals surface area contributed by atoms with Crippen molar-refractivity contribution in [3.63, 3.8) is 0 Å². The van der Waals surface area contributed by atoms with Gasteiger partial charge >= 0.3 is 0 Å². The van der Waals surface area contributed by atoms with Crippen molar-refractivity contribution in [3.8, 4) is 11.5 Å². The average Bonchev–Trinajstić information content (AvgIpc) is 2.66. The van der Waals surface area contributed by atoms with Crippen LogP contribution in [0.5, 0.6) is 11.5 Å². The highest BCUT2D eigenvalue weighted by Gasteiger charge is 2.09. The fraction of sp³-hybridized carbons (Fsp3) is 0.611. The molecule has 0 unspecified atom stereocenters. The van der Waals surface area contributed by atoms with E-state index < -0.39 is 0 Å². The Balaban J connectivity index is 1.87. The van der Waals surface area contributed by atoms with Crippen molar-refractivity contribution in [1.82, 2.24) is 15.5 Å². The molecular formula is C18H30N4O3. The zero-order chi connectivity index (χ0) is 17.9. The lowest BCUT2D eigenvalue weighted by Crippen LogP contribution is -2.44. The first-order valence-electron chi connectivity index (χ1n) is 8.80. The number of guanidine groups is 1. The number of hydrogen-bond donors (Lipinski definition) is 2. The van der Waals surface area contributed by atoms with Crippen LogP contribution in [0.2, 0.25) is 0 Å². The smallest absolute Gasteiger partial charge is 0.191 e. The monoisotopic (exact) mass is 350 g/mol. The molecule has 1 fully saturated rings. The van der Waals surface area contributed by atoms with E-state index in [-0.39, 0.29) is 0 Å². The fourth-order valence-electron chi connectivity index (χ4n) is 2.65. The molecule has 0 aromatic heterocycles.